The molecule has 2 heterocycles. The van der Waals surface area contributed by atoms with Crippen LogP contribution in [0.15, 0.2) is 27.8 Å². The summed E-state index contributed by atoms with van der Waals surface area (Å²) in [6, 6.07) is 5.54. The number of hydrogen-bond acceptors (Lipinski definition) is 5. The molecule has 20 heavy (non-hydrogen) atoms. The molecule has 0 spiro atoms. The number of rotatable bonds is 2. The van der Waals surface area contributed by atoms with Gasteiger partial charge in [-0.1, -0.05) is 11.8 Å². The van der Waals surface area contributed by atoms with Crippen molar-refractivity contribution >= 4 is 28.5 Å². The molecule has 0 bridgehead atoms. The number of oxazole rings is 1. The number of thioether (sulfide) groups is 1. The highest BCUT2D eigenvalue weighted by Crippen LogP contribution is 2.46. The van der Waals surface area contributed by atoms with E-state index in [0.29, 0.717) is 16.2 Å². The average molecular weight is 292 g/mol. The maximum atomic E-state index is 6.10. The lowest BCUT2D eigenvalue weighted by Gasteiger charge is -2.26. The molecule has 0 amide bonds. The zero-order chi connectivity index (χ0) is 14.5. The molecule has 1 aromatic carbocycles. The Bertz CT molecular complexity index is 648. The number of nitrogen functional groups attached to an aromatic ring is 1. The predicted octanol–water partition coefficient (Wildman–Crippen LogP) is 3.85. The number of nitrogens with zero attached hydrogens (tertiary/aromatic N) is 1. The van der Waals surface area contributed by atoms with Gasteiger partial charge in [-0.15, -0.1) is 0 Å². The molecule has 5 heteroatoms. The Labute approximate surface area is 123 Å². The molecule has 4 nitrogen and oxygen atoms in total. The lowest BCUT2D eigenvalue weighted by molar-refractivity contribution is -0.0632. The second-order valence-electron chi connectivity index (χ2n) is 6.48. The normalized spacial score (nSPS) is 24.3. The van der Waals surface area contributed by atoms with Crippen molar-refractivity contribution < 1.29 is 9.15 Å². The van der Waals surface area contributed by atoms with Crippen molar-refractivity contribution in [1.29, 1.82) is 0 Å². The van der Waals surface area contributed by atoms with Gasteiger partial charge in [0.1, 0.15) is 5.52 Å². The van der Waals surface area contributed by atoms with Crippen LogP contribution >= 0.6 is 11.8 Å². The Morgan fingerprint density at radius 1 is 1.30 bits per heavy atom. The molecule has 2 aromatic rings. The van der Waals surface area contributed by atoms with Crippen LogP contribution in [-0.4, -0.2) is 21.4 Å². The highest BCUT2D eigenvalue weighted by atomic mass is 32.2. The number of benzene rings is 1. The van der Waals surface area contributed by atoms with Gasteiger partial charge >= 0.3 is 0 Å². The fraction of sp³-hybridized carbons (Fsp3) is 0.533. The lowest BCUT2D eigenvalue weighted by Crippen LogP contribution is -2.30. The molecule has 2 N–H and O–H groups in total. The molecule has 0 radical (unpaired) electrons. The largest absolute Gasteiger partial charge is 0.431 e. The van der Waals surface area contributed by atoms with Gasteiger partial charge in [0, 0.05) is 17.0 Å². The molecule has 1 atom stereocenters. The van der Waals surface area contributed by atoms with Gasteiger partial charge in [0.2, 0.25) is 0 Å². The maximum absolute atomic E-state index is 6.10. The fourth-order valence-electron chi connectivity index (χ4n) is 2.79. The summed E-state index contributed by atoms with van der Waals surface area (Å²) >= 11 is 1.65. The molecule has 108 valence electrons. The summed E-state index contributed by atoms with van der Waals surface area (Å²) in [6.45, 7) is 8.50. The first kappa shape index (κ1) is 13.8. The third-order valence-corrected chi connectivity index (χ3v) is 5.02. The highest BCUT2D eigenvalue weighted by molar-refractivity contribution is 7.99. The SMILES string of the molecule is CC1(C)CC(Sc2nc3ccc(N)cc3o2)C(C)(C)O1. The Hall–Kier alpha value is -1.20. The van der Waals surface area contributed by atoms with E-state index in [9.17, 15) is 0 Å². The number of nitrogens with two attached hydrogens (primary N) is 1. The van der Waals surface area contributed by atoms with Crippen molar-refractivity contribution in [3.05, 3.63) is 18.2 Å². The van der Waals surface area contributed by atoms with E-state index in [-0.39, 0.29) is 11.2 Å². The molecule has 0 saturated carbocycles. The third-order valence-electron chi connectivity index (χ3n) is 3.63. The summed E-state index contributed by atoms with van der Waals surface area (Å²) in [4.78, 5) is 4.52. The standard InChI is InChI=1S/C15H20N2O2S/c1-14(2)8-12(15(3,4)19-14)20-13-17-10-6-5-9(16)7-11(10)18-13/h5-7,12H,8,16H2,1-4H3. The number of anilines is 1. The van der Waals surface area contributed by atoms with E-state index in [1.54, 1.807) is 11.8 Å². The van der Waals surface area contributed by atoms with Crippen LogP contribution in [0.25, 0.3) is 11.1 Å². The quantitative estimate of drug-likeness (QED) is 0.852. The maximum Gasteiger partial charge on any atom is 0.257 e. The summed E-state index contributed by atoms with van der Waals surface area (Å²) in [5, 5.41) is 1.01. The predicted molar refractivity (Wildman–Crippen MR) is 81.9 cm³/mol. The summed E-state index contributed by atoms with van der Waals surface area (Å²) in [5.41, 5.74) is 7.75. The van der Waals surface area contributed by atoms with Gasteiger partial charge in [0.05, 0.1) is 11.2 Å². The van der Waals surface area contributed by atoms with Crippen molar-refractivity contribution in [2.24, 2.45) is 0 Å². The molecular weight excluding hydrogens is 272 g/mol. The molecule has 0 aliphatic carbocycles. The molecule has 1 aliphatic heterocycles. The molecule has 1 aromatic heterocycles. The van der Waals surface area contributed by atoms with Crippen LogP contribution < -0.4 is 5.73 Å². The van der Waals surface area contributed by atoms with Gasteiger partial charge in [-0.2, -0.15) is 0 Å². The Morgan fingerprint density at radius 2 is 2.05 bits per heavy atom. The number of ether oxygens (including phenoxy) is 1. The van der Waals surface area contributed by atoms with E-state index < -0.39 is 0 Å². The summed E-state index contributed by atoms with van der Waals surface area (Å²) in [5.74, 6) is 0. The molecule has 1 saturated heterocycles. The van der Waals surface area contributed by atoms with Gasteiger partial charge in [-0.25, -0.2) is 4.98 Å². The van der Waals surface area contributed by atoms with E-state index >= 15 is 0 Å². The molecule has 3 rings (SSSR count). The minimum Gasteiger partial charge on any atom is -0.431 e. The van der Waals surface area contributed by atoms with E-state index in [1.807, 2.05) is 18.2 Å². The summed E-state index contributed by atoms with van der Waals surface area (Å²) in [7, 11) is 0. The first-order valence-corrected chi connectivity index (χ1v) is 7.66. The molecule has 1 fully saturated rings. The molecular formula is C15H20N2O2S. The topological polar surface area (TPSA) is 61.3 Å². The third kappa shape index (κ3) is 2.52. The minimum absolute atomic E-state index is 0.0996. The van der Waals surface area contributed by atoms with E-state index in [1.165, 1.54) is 0 Å². The number of aromatic nitrogens is 1. The fourth-order valence-corrected chi connectivity index (χ4v) is 4.14. The second kappa shape index (κ2) is 4.40. The Kier molecular flexibility index (Phi) is 3.03. The van der Waals surface area contributed by atoms with Crippen molar-refractivity contribution in [3.63, 3.8) is 0 Å². The van der Waals surface area contributed by atoms with E-state index in [2.05, 4.69) is 32.7 Å². The number of fused-ring (bicyclic) bond motifs is 1. The minimum atomic E-state index is -0.187. The van der Waals surface area contributed by atoms with Crippen LogP contribution in [0.5, 0.6) is 0 Å². The van der Waals surface area contributed by atoms with E-state index in [4.69, 9.17) is 14.9 Å². The van der Waals surface area contributed by atoms with Gasteiger partial charge < -0.3 is 14.9 Å². The van der Waals surface area contributed by atoms with Crippen LogP contribution in [0.1, 0.15) is 34.1 Å². The van der Waals surface area contributed by atoms with Crippen LogP contribution in [0.2, 0.25) is 0 Å². The molecule has 1 unspecified atom stereocenters. The van der Waals surface area contributed by atoms with Gasteiger partial charge in [-0.05, 0) is 46.2 Å². The lowest BCUT2D eigenvalue weighted by atomic mass is 10.0. The highest BCUT2D eigenvalue weighted by Gasteiger charge is 2.46. The summed E-state index contributed by atoms with van der Waals surface area (Å²) < 4.78 is 11.9. The second-order valence-corrected chi connectivity index (χ2v) is 7.64. The zero-order valence-corrected chi connectivity index (χ0v) is 13.1. The summed E-state index contributed by atoms with van der Waals surface area (Å²) in [6.07, 6.45) is 0.978. The van der Waals surface area contributed by atoms with Gasteiger partial charge in [0.15, 0.2) is 5.58 Å². The van der Waals surface area contributed by atoms with Crippen LogP contribution in [0.4, 0.5) is 5.69 Å². The Balaban J connectivity index is 1.86. The van der Waals surface area contributed by atoms with Crippen molar-refractivity contribution in [2.75, 3.05) is 5.73 Å². The van der Waals surface area contributed by atoms with E-state index in [0.717, 1.165) is 17.5 Å². The van der Waals surface area contributed by atoms with Crippen molar-refractivity contribution in [3.8, 4) is 0 Å². The van der Waals surface area contributed by atoms with Crippen molar-refractivity contribution in [1.82, 2.24) is 4.98 Å². The monoisotopic (exact) mass is 292 g/mol. The van der Waals surface area contributed by atoms with Crippen LogP contribution in [-0.2, 0) is 4.74 Å². The Morgan fingerprint density at radius 3 is 2.70 bits per heavy atom. The van der Waals surface area contributed by atoms with Crippen LogP contribution in [0.3, 0.4) is 0 Å². The van der Waals surface area contributed by atoms with Gasteiger partial charge in [0.25, 0.3) is 5.22 Å². The smallest absolute Gasteiger partial charge is 0.257 e. The average Bonchev–Trinajstić information content (AvgIpc) is 2.76. The first-order valence-electron chi connectivity index (χ1n) is 6.78. The number of hydrogen-bond donors (Lipinski definition) is 1. The molecule has 1 aliphatic rings. The first-order chi connectivity index (χ1) is 9.25. The van der Waals surface area contributed by atoms with Gasteiger partial charge in [-0.3, -0.25) is 0 Å². The van der Waals surface area contributed by atoms with Crippen molar-refractivity contribution in [2.45, 2.75) is 55.8 Å². The zero-order valence-electron chi connectivity index (χ0n) is 12.3. The van der Waals surface area contributed by atoms with Crippen LogP contribution in [0, 0.1) is 0 Å².